The van der Waals surface area contributed by atoms with Crippen LogP contribution in [0.3, 0.4) is 0 Å². The second kappa shape index (κ2) is 6.98. The van der Waals surface area contributed by atoms with Gasteiger partial charge >= 0.3 is 0 Å². The summed E-state index contributed by atoms with van der Waals surface area (Å²) in [7, 11) is -1.66. The van der Waals surface area contributed by atoms with E-state index in [1.807, 2.05) is 0 Å². The number of rotatable bonds is 6. The van der Waals surface area contributed by atoms with Gasteiger partial charge in [-0.1, -0.05) is 52.0 Å². The maximum Gasteiger partial charge on any atom is 0.161 e. The molecule has 18 heavy (non-hydrogen) atoms. The molecule has 0 bridgehead atoms. The third-order valence-corrected chi connectivity index (χ3v) is 12.2. The third kappa shape index (κ3) is 4.01. The quantitative estimate of drug-likeness (QED) is 0.345. The highest BCUT2D eigenvalue weighted by Crippen LogP contribution is 2.40. The van der Waals surface area contributed by atoms with Gasteiger partial charge < -0.3 is 0 Å². The van der Waals surface area contributed by atoms with Gasteiger partial charge in [0, 0.05) is 5.88 Å². The molecular weight excluding hydrogens is 279 g/mol. The Morgan fingerprint density at radius 2 is 1.39 bits per heavy atom. The molecule has 1 aromatic rings. The summed E-state index contributed by atoms with van der Waals surface area (Å²) < 4.78 is 0. The summed E-state index contributed by atoms with van der Waals surface area (Å²) in [5, 5.41) is 0. The van der Waals surface area contributed by atoms with Gasteiger partial charge in [0.05, 0.1) is 0 Å². The van der Waals surface area contributed by atoms with Crippen LogP contribution in [0, 0.1) is 0 Å². The largest absolute Gasteiger partial charge is 0.166 e. The van der Waals surface area contributed by atoms with E-state index in [2.05, 4.69) is 52.0 Å². The molecule has 0 saturated heterocycles. The van der Waals surface area contributed by atoms with Gasteiger partial charge in [0.25, 0.3) is 0 Å². The molecule has 0 radical (unpaired) electrons. The van der Waals surface area contributed by atoms with Crippen LogP contribution in [-0.4, -0.2) is 7.38 Å². The minimum absolute atomic E-state index is 0.590. The Hall–Kier alpha value is 0.0169. The second-order valence-electron chi connectivity index (χ2n) is 5.69. The lowest BCUT2D eigenvalue weighted by molar-refractivity contribution is 0.890. The fourth-order valence-electron chi connectivity index (χ4n) is 2.37. The van der Waals surface area contributed by atoms with Gasteiger partial charge in [-0.15, -0.1) is 11.6 Å². The van der Waals surface area contributed by atoms with Crippen molar-refractivity contribution in [2.75, 3.05) is 0 Å². The van der Waals surface area contributed by atoms with Crippen LogP contribution in [0.1, 0.15) is 38.8 Å². The van der Waals surface area contributed by atoms with Crippen LogP contribution in [0.5, 0.6) is 0 Å². The Morgan fingerprint density at radius 3 is 1.78 bits per heavy atom. The van der Waals surface area contributed by atoms with Crippen LogP contribution in [0.25, 0.3) is 0 Å². The van der Waals surface area contributed by atoms with Crippen molar-refractivity contribution in [2.45, 2.75) is 57.1 Å². The van der Waals surface area contributed by atoms with Crippen molar-refractivity contribution in [3.05, 3.63) is 35.4 Å². The minimum atomic E-state index is -1.66. The lowest BCUT2D eigenvalue weighted by Gasteiger charge is -2.32. The van der Waals surface area contributed by atoms with Gasteiger partial charge in [0.2, 0.25) is 0 Å². The van der Waals surface area contributed by atoms with Crippen molar-refractivity contribution in [3.8, 4) is 0 Å². The highest BCUT2D eigenvalue weighted by Gasteiger charge is 2.37. The second-order valence-corrected chi connectivity index (χ2v) is 12.7. The molecule has 0 atom stereocenters. The first-order valence-electron chi connectivity index (χ1n) is 6.73. The summed E-state index contributed by atoms with van der Waals surface area (Å²) in [6, 6.07) is 9.76. The molecule has 3 heteroatoms. The van der Waals surface area contributed by atoms with Crippen LogP contribution in [0.4, 0.5) is 0 Å². The van der Waals surface area contributed by atoms with Gasteiger partial charge in [0.15, 0.2) is 7.38 Å². The summed E-state index contributed by atoms with van der Waals surface area (Å²) in [4.78, 5) is 0. The predicted molar refractivity (Wildman–Crippen MR) is 86.3 cm³/mol. The van der Waals surface area contributed by atoms with Crippen molar-refractivity contribution in [1.82, 2.24) is 0 Å². The van der Waals surface area contributed by atoms with E-state index < -0.39 is 7.38 Å². The van der Waals surface area contributed by atoms with Gasteiger partial charge in [-0.3, -0.25) is 0 Å². The predicted octanol–water partition coefficient (Wildman–Crippen LogP) is 5.97. The summed E-state index contributed by atoms with van der Waals surface area (Å²) in [5.41, 5.74) is 3.81. The molecule has 0 aliphatic heterocycles. The molecule has 102 valence electrons. The first-order valence-corrected chi connectivity index (χ1v) is 10.6. The molecular formula is C15H24Cl2Si. The lowest BCUT2D eigenvalue weighted by atomic mass is 10.1. The number of aryl methyl sites for hydroxylation is 1. The molecule has 0 N–H and O–H groups in total. The maximum atomic E-state index is 6.94. The standard InChI is InChI=1S/C15H24Cl2Si/c1-12(2)18(17,13(3)4)10-9-14-5-7-15(11-16)8-6-14/h5-8,12-13H,9-11H2,1-4H3. The highest BCUT2D eigenvalue weighted by atomic mass is 35.6. The fraction of sp³-hybridized carbons (Fsp3) is 0.600. The molecule has 0 nitrogen and oxygen atoms in total. The number of hydrogen-bond acceptors (Lipinski definition) is 0. The van der Waals surface area contributed by atoms with Crippen molar-refractivity contribution < 1.29 is 0 Å². The van der Waals surface area contributed by atoms with E-state index in [1.54, 1.807) is 0 Å². The van der Waals surface area contributed by atoms with Gasteiger partial charge in [0.1, 0.15) is 0 Å². The normalized spacial score (nSPS) is 12.4. The first kappa shape index (κ1) is 16.1. The Labute approximate surface area is 122 Å². The van der Waals surface area contributed by atoms with Crippen molar-refractivity contribution >= 4 is 30.1 Å². The number of hydrogen-bond donors (Lipinski definition) is 0. The van der Waals surface area contributed by atoms with Crippen LogP contribution in [0.15, 0.2) is 24.3 Å². The Balaban J connectivity index is 2.67. The summed E-state index contributed by atoms with van der Waals surface area (Å²) >= 11 is 12.7. The number of alkyl halides is 1. The van der Waals surface area contributed by atoms with E-state index in [9.17, 15) is 0 Å². The molecule has 0 aliphatic carbocycles. The summed E-state index contributed by atoms with van der Waals surface area (Å²) in [6.07, 6.45) is 1.09. The molecule has 1 rings (SSSR count). The summed E-state index contributed by atoms with van der Waals surface area (Å²) in [5.74, 6) is 0.590. The Kier molecular flexibility index (Phi) is 6.23. The van der Waals surface area contributed by atoms with Gasteiger partial charge in [-0.05, 0) is 34.7 Å². The monoisotopic (exact) mass is 302 g/mol. The molecule has 0 aliphatic rings. The van der Waals surface area contributed by atoms with Crippen LogP contribution < -0.4 is 0 Å². The zero-order valence-electron chi connectivity index (χ0n) is 11.8. The Bertz CT molecular complexity index is 349. The van der Waals surface area contributed by atoms with Gasteiger partial charge in [-0.2, -0.15) is 11.1 Å². The van der Waals surface area contributed by atoms with Crippen LogP contribution >= 0.6 is 22.7 Å². The van der Waals surface area contributed by atoms with Crippen molar-refractivity contribution in [2.24, 2.45) is 0 Å². The number of halogens is 2. The zero-order chi connectivity index (χ0) is 13.8. The van der Waals surface area contributed by atoms with E-state index in [0.717, 1.165) is 12.5 Å². The maximum absolute atomic E-state index is 6.94. The molecule has 0 heterocycles. The topological polar surface area (TPSA) is 0 Å². The molecule has 0 saturated carbocycles. The number of benzene rings is 1. The lowest BCUT2D eigenvalue weighted by Crippen LogP contribution is -2.35. The molecule has 0 unspecified atom stereocenters. The van der Waals surface area contributed by atoms with E-state index in [-0.39, 0.29) is 0 Å². The first-order chi connectivity index (χ1) is 8.40. The average molecular weight is 303 g/mol. The third-order valence-electron chi connectivity index (χ3n) is 3.89. The van der Waals surface area contributed by atoms with Crippen LogP contribution in [0.2, 0.25) is 17.1 Å². The van der Waals surface area contributed by atoms with E-state index in [4.69, 9.17) is 22.7 Å². The fourth-order valence-corrected chi connectivity index (χ4v) is 6.00. The van der Waals surface area contributed by atoms with Gasteiger partial charge in [-0.25, -0.2) is 0 Å². The molecule has 1 aromatic carbocycles. The highest BCUT2D eigenvalue weighted by molar-refractivity contribution is 7.21. The van der Waals surface area contributed by atoms with Crippen molar-refractivity contribution in [1.29, 1.82) is 0 Å². The Morgan fingerprint density at radius 1 is 0.944 bits per heavy atom. The molecule has 0 spiro atoms. The summed E-state index contributed by atoms with van der Waals surface area (Å²) in [6.45, 7) is 9.09. The van der Waals surface area contributed by atoms with E-state index in [1.165, 1.54) is 11.1 Å². The smallest absolute Gasteiger partial charge is 0.161 e. The molecule has 0 aromatic heterocycles. The van der Waals surface area contributed by atoms with Crippen molar-refractivity contribution in [3.63, 3.8) is 0 Å². The SMILES string of the molecule is CC(C)[Si](Cl)(CCc1ccc(CCl)cc1)C(C)C. The zero-order valence-corrected chi connectivity index (χ0v) is 14.4. The van der Waals surface area contributed by atoms with Crippen LogP contribution in [-0.2, 0) is 12.3 Å². The minimum Gasteiger partial charge on any atom is -0.166 e. The molecule has 0 fully saturated rings. The van der Waals surface area contributed by atoms with E-state index in [0.29, 0.717) is 17.0 Å². The van der Waals surface area contributed by atoms with E-state index >= 15 is 0 Å². The molecule has 0 amide bonds. The average Bonchev–Trinajstić information content (AvgIpc) is 2.36.